The smallest absolute Gasteiger partial charge is 0.152 e. The predicted octanol–water partition coefficient (Wildman–Crippen LogP) is 0.142. The number of rotatable bonds is 0. The van der Waals surface area contributed by atoms with Crippen molar-refractivity contribution >= 4 is 0 Å². The molecule has 0 aliphatic carbocycles. The van der Waals surface area contributed by atoms with Crippen molar-refractivity contribution in [3.05, 3.63) is 4.91 Å². The Morgan fingerprint density at radius 3 is 1.75 bits per heavy atom. The van der Waals surface area contributed by atoms with Crippen LogP contribution in [0, 0.1) is 11.1 Å². The number of hydrogen-bond acceptors (Lipinski definition) is 2. The van der Waals surface area contributed by atoms with Gasteiger partial charge >= 0.3 is 0 Å². The van der Waals surface area contributed by atoms with Crippen LogP contribution < -0.4 is 0 Å². The Morgan fingerprint density at radius 1 is 1.75 bits per heavy atom. The topological polar surface area (TPSA) is 49.7 Å². The second-order valence-corrected chi connectivity index (χ2v) is 0.0816. The second kappa shape index (κ2) is 41.4. The average Bonchev–Trinajstić information content (AvgIpc) is 0.918. The van der Waals surface area contributed by atoms with Crippen molar-refractivity contribution < 1.29 is 11.4 Å². The van der Waals surface area contributed by atoms with Gasteiger partial charge in [0.05, 0.1) is 0 Å². The van der Waals surface area contributed by atoms with Gasteiger partial charge in [-0.15, -0.1) is 4.91 Å². The molecule has 0 aromatic heterocycles. The van der Waals surface area contributed by atoms with E-state index in [1.807, 2.05) is 0 Å². The largest absolute Gasteiger partial charge is 0.379 e. The molecule has 0 bridgehead atoms. The van der Waals surface area contributed by atoms with E-state index < -0.39 is 0 Å². The van der Waals surface area contributed by atoms with Gasteiger partial charge in [-0.25, -0.2) is 0 Å². The molecule has 0 saturated heterocycles. The normalized spacial score (nSPS) is 3.00. The van der Waals surface area contributed by atoms with Crippen molar-refractivity contribution in [3.8, 4) is 0 Å². The first kappa shape index (κ1) is 10.3. The molecule has 4 heteroatoms. The predicted molar refractivity (Wildman–Crippen MR) is 7.58 cm³/mol. The van der Waals surface area contributed by atoms with Crippen LogP contribution >= 0.6 is 0 Å². The maximum absolute atomic E-state index is 8.11. The van der Waals surface area contributed by atoms with E-state index in [4.69, 9.17) is 10.1 Å². The fraction of sp³-hybridized carbons (Fsp3) is 0. The number of nitrogens with zero attached hydrogens (tertiary/aromatic N) is 1. The maximum Gasteiger partial charge on any atom is 0.152 e. The Kier molecular flexibility index (Phi) is 107. The van der Waals surface area contributed by atoms with Crippen molar-refractivity contribution in [2.45, 2.75) is 0 Å². The molecule has 0 fully saturated rings. The van der Waals surface area contributed by atoms with E-state index in [0.717, 1.165) is 0 Å². The summed E-state index contributed by atoms with van der Waals surface area (Å²) in [5.74, 6) is 0. The first-order valence-electron chi connectivity index (χ1n) is 0.383. The van der Waals surface area contributed by atoms with Crippen LogP contribution in [0.15, 0.2) is 5.34 Å². The molecule has 4 heavy (non-hydrogen) atoms. The van der Waals surface area contributed by atoms with Gasteiger partial charge in [-0.1, -0.05) is 0 Å². The summed E-state index contributed by atoms with van der Waals surface area (Å²) in [5, 5.41) is 7.89. The van der Waals surface area contributed by atoms with Crippen molar-refractivity contribution in [3.63, 3.8) is 0 Å². The van der Waals surface area contributed by atoms with Crippen LogP contribution in [-0.4, -0.2) is 5.21 Å². The Balaban J connectivity index is 0. The van der Waals surface area contributed by atoms with Crippen molar-refractivity contribution in [1.82, 2.24) is 0 Å². The van der Waals surface area contributed by atoms with E-state index in [2.05, 4.69) is 0 Å². The van der Waals surface area contributed by atoms with Crippen LogP contribution in [0.1, 0.15) is 0 Å². The third kappa shape index (κ3) is 0.262. The van der Waals surface area contributed by atoms with Gasteiger partial charge < -0.3 is 5.21 Å². The van der Waals surface area contributed by atoms with E-state index in [0.29, 0.717) is 0 Å². The van der Waals surface area contributed by atoms with Crippen LogP contribution in [0.2, 0.25) is 0 Å². The molecule has 0 heterocycles. The first-order chi connectivity index (χ1) is 1.41. The summed E-state index contributed by atoms with van der Waals surface area (Å²) in [7, 11) is 0. The molecule has 1 N–H and O–H groups in total. The van der Waals surface area contributed by atoms with Crippen LogP contribution in [-0.2, 0) is 0 Å². The van der Waals surface area contributed by atoms with Gasteiger partial charge in [0, 0.05) is 6.15 Å². The zero-order chi connectivity index (χ0) is 2.71. The molecular weight excluding hydrogens is 50.0 g/mol. The summed E-state index contributed by atoms with van der Waals surface area (Å²) < 4.78 is 0. The molecular formula is HHeNO2. The van der Waals surface area contributed by atoms with Gasteiger partial charge in [-0.3, -0.25) is 0 Å². The summed E-state index contributed by atoms with van der Waals surface area (Å²) in [5.41, 5.74) is 0. The van der Waals surface area contributed by atoms with Gasteiger partial charge in [0.2, 0.25) is 0 Å². The third-order valence-electron chi connectivity index (χ3n) is 0. The minimum atomic E-state index is 0. The van der Waals surface area contributed by atoms with Crippen LogP contribution in [0.5, 0.6) is 0 Å². The van der Waals surface area contributed by atoms with Crippen LogP contribution in [0.25, 0.3) is 0 Å². The fourth-order valence-electron chi connectivity index (χ4n) is 0. The van der Waals surface area contributed by atoms with Crippen LogP contribution in [0.4, 0.5) is 0 Å². The van der Waals surface area contributed by atoms with Crippen molar-refractivity contribution in [2.24, 2.45) is 5.34 Å². The van der Waals surface area contributed by atoms with E-state index in [9.17, 15) is 0 Å². The summed E-state index contributed by atoms with van der Waals surface area (Å²) in [6.07, 6.45) is 0. The summed E-state index contributed by atoms with van der Waals surface area (Å²) >= 11 is 0. The number of hydrogen-bond donors (Lipinski definition) is 1. The minimum Gasteiger partial charge on any atom is -0.379 e. The van der Waals surface area contributed by atoms with E-state index in [1.54, 1.807) is 0 Å². The molecule has 0 spiro atoms. The van der Waals surface area contributed by atoms with Gasteiger partial charge in [0.1, 0.15) is 0 Å². The van der Waals surface area contributed by atoms with Gasteiger partial charge in [0.25, 0.3) is 0 Å². The Labute approximate surface area is 23.0 Å². The Bertz CT molecular complexity index is 13.5. The molecule has 0 rings (SSSR count). The molecule has 0 aromatic carbocycles. The standard InChI is InChI=1S/He.HNO2/c;2-1-3/h;(H,2,3). The van der Waals surface area contributed by atoms with Crippen molar-refractivity contribution in [2.75, 3.05) is 0 Å². The summed E-state index contributed by atoms with van der Waals surface area (Å²) in [6, 6.07) is 0. The molecule has 3 nitrogen and oxygen atoms in total. The molecule has 0 saturated carbocycles. The molecule has 20 valence electrons. The zero-order valence-corrected chi connectivity index (χ0v) is 2.01. The monoisotopic (exact) mass is 51.0 g/mol. The van der Waals surface area contributed by atoms with E-state index in [-0.39, 0.29) is 6.15 Å². The minimum absolute atomic E-state index is 0. The van der Waals surface area contributed by atoms with E-state index >= 15 is 0 Å². The molecule has 0 aromatic rings. The second-order valence-electron chi connectivity index (χ2n) is 0.0816. The summed E-state index contributed by atoms with van der Waals surface area (Å²) in [6.45, 7) is 0. The van der Waals surface area contributed by atoms with Crippen LogP contribution in [0.3, 0.4) is 0 Å². The SMILES string of the molecule is O=NO.[He]. The molecule has 0 amide bonds. The average molecular weight is 51.0 g/mol. The molecule has 0 aliphatic heterocycles. The quantitative estimate of drug-likeness (QED) is 0.314. The Morgan fingerprint density at radius 2 is 1.75 bits per heavy atom. The Hall–Kier alpha value is -0.691. The maximum atomic E-state index is 8.11. The van der Waals surface area contributed by atoms with E-state index in [1.165, 1.54) is 5.34 Å². The molecule has 0 aliphatic rings. The molecule has 0 radical (unpaired) electrons. The van der Waals surface area contributed by atoms with Gasteiger partial charge in [-0.2, -0.15) is 0 Å². The molecule has 0 unspecified atom stereocenters. The summed E-state index contributed by atoms with van der Waals surface area (Å²) in [4.78, 5) is 8.11. The van der Waals surface area contributed by atoms with Gasteiger partial charge in [-0.05, 0) is 0 Å². The van der Waals surface area contributed by atoms with Crippen molar-refractivity contribution in [1.29, 1.82) is 0 Å². The van der Waals surface area contributed by atoms with Gasteiger partial charge in [0.15, 0.2) is 5.34 Å². The molecule has 0 atom stereocenters. The zero-order valence-electron chi connectivity index (χ0n) is 2.01. The fourth-order valence-corrected chi connectivity index (χ4v) is 0. The first-order valence-corrected chi connectivity index (χ1v) is 0.383. The third-order valence-corrected chi connectivity index (χ3v) is 0.